The van der Waals surface area contributed by atoms with E-state index in [0.717, 1.165) is 19.4 Å². The van der Waals surface area contributed by atoms with E-state index in [1.165, 1.54) is 0 Å². The van der Waals surface area contributed by atoms with Gasteiger partial charge in [-0.3, -0.25) is 10.1 Å². The maximum atomic E-state index is 10.3. The van der Waals surface area contributed by atoms with Gasteiger partial charge >= 0.3 is 5.97 Å². The van der Waals surface area contributed by atoms with Crippen molar-refractivity contribution in [1.82, 2.24) is 10.6 Å². The third-order valence-corrected chi connectivity index (χ3v) is 3.00. The van der Waals surface area contributed by atoms with Crippen LogP contribution in [0.15, 0.2) is 0 Å². The molecule has 0 spiro atoms. The summed E-state index contributed by atoms with van der Waals surface area (Å²) >= 11 is 0. The van der Waals surface area contributed by atoms with Crippen LogP contribution in [0.25, 0.3) is 0 Å². The third-order valence-electron chi connectivity index (χ3n) is 3.00. The Kier molecular flexibility index (Phi) is 6.43. The first-order valence-electron chi connectivity index (χ1n) is 6.16. The van der Waals surface area contributed by atoms with Crippen LogP contribution in [0.2, 0.25) is 0 Å². The lowest BCUT2D eigenvalue weighted by Crippen LogP contribution is -2.49. The fraction of sp³-hybridized carbons (Fsp3) is 0.909. The first kappa shape index (κ1) is 14.4. The Morgan fingerprint density at radius 3 is 2.76 bits per heavy atom. The summed E-state index contributed by atoms with van der Waals surface area (Å²) in [5.74, 6) is -0.767. The highest BCUT2D eigenvalue weighted by atomic mass is 16.4. The second kappa shape index (κ2) is 7.60. The first-order chi connectivity index (χ1) is 8.11. The molecule has 1 saturated heterocycles. The number of aliphatic carboxylic acids is 1. The number of unbranched alkanes of at least 4 members (excludes halogenated alkanes) is 2. The number of aliphatic hydroxyl groups excluding tert-OH is 2. The van der Waals surface area contributed by atoms with E-state index < -0.39 is 18.3 Å². The second-order valence-corrected chi connectivity index (χ2v) is 4.44. The predicted octanol–water partition coefficient (Wildman–Crippen LogP) is -0.738. The van der Waals surface area contributed by atoms with Crippen LogP contribution in [-0.2, 0) is 4.79 Å². The highest BCUT2D eigenvalue weighted by Gasteiger charge is 2.30. The van der Waals surface area contributed by atoms with Crippen LogP contribution in [0.5, 0.6) is 0 Å². The molecule has 0 amide bonds. The smallest absolute Gasteiger partial charge is 0.303 e. The van der Waals surface area contributed by atoms with Gasteiger partial charge in [-0.15, -0.1) is 0 Å². The molecule has 100 valence electrons. The second-order valence-electron chi connectivity index (χ2n) is 4.44. The van der Waals surface area contributed by atoms with Gasteiger partial charge in [0.05, 0.1) is 12.1 Å². The Hall–Kier alpha value is -0.690. The Labute approximate surface area is 101 Å². The number of hydrogen-bond donors (Lipinski definition) is 5. The molecule has 3 atom stereocenters. The fourth-order valence-electron chi connectivity index (χ4n) is 1.99. The SMILES string of the molecule is O=C(O)CCCCCNC(O)[C@H]1NCCC1O. The summed E-state index contributed by atoms with van der Waals surface area (Å²) in [5, 5.41) is 33.7. The molecule has 0 radical (unpaired) electrons. The predicted molar refractivity (Wildman–Crippen MR) is 62.5 cm³/mol. The number of carbonyl (C=O) groups is 1. The van der Waals surface area contributed by atoms with Gasteiger partial charge in [-0.1, -0.05) is 6.42 Å². The van der Waals surface area contributed by atoms with Gasteiger partial charge in [0, 0.05) is 6.42 Å². The molecule has 0 aromatic heterocycles. The third kappa shape index (κ3) is 5.45. The van der Waals surface area contributed by atoms with Crippen molar-refractivity contribution in [3.63, 3.8) is 0 Å². The molecule has 6 nitrogen and oxygen atoms in total. The highest BCUT2D eigenvalue weighted by Crippen LogP contribution is 2.09. The Morgan fingerprint density at radius 1 is 1.41 bits per heavy atom. The minimum atomic E-state index is -0.767. The van der Waals surface area contributed by atoms with Crippen molar-refractivity contribution in [2.45, 2.75) is 50.5 Å². The number of nitrogens with one attached hydrogen (secondary N) is 2. The van der Waals surface area contributed by atoms with E-state index in [9.17, 15) is 15.0 Å². The van der Waals surface area contributed by atoms with Gasteiger partial charge in [-0.2, -0.15) is 0 Å². The molecule has 0 bridgehead atoms. The van der Waals surface area contributed by atoms with E-state index in [1.807, 2.05) is 0 Å². The molecule has 0 aromatic carbocycles. The van der Waals surface area contributed by atoms with Crippen molar-refractivity contribution in [2.24, 2.45) is 0 Å². The van der Waals surface area contributed by atoms with Crippen molar-refractivity contribution in [3.05, 3.63) is 0 Å². The van der Waals surface area contributed by atoms with Gasteiger partial charge < -0.3 is 20.6 Å². The molecule has 1 heterocycles. The lowest BCUT2D eigenvalue weighted by atomic mass is 10.1. The average Bonchev–Trinajstić information content (AvgIpc) is 2.69. The van der Waals surface area contributed by atoms with Crippen molar-refractivity contribution in [3.8, 4) is 0 Å². The van der Waals surface area contributed by atoms with E-state index in [1.54, 1.807) is 0 Å². The monoisotopic (exact) mass is 246 g/mol. The van der Waals surface area contributed by atoms with Gasteiger partial charge in [-0.25, -0.2) is 0 Å². The lowest BCUT2D eigenvalue weighted by Gasteiger charge is -2.22. The minimum absolute atomic E-state index is 0.200. The van der Waals surface area contributed by atoms with Crippen LogP contribution in [0.1, 0.15) is 32.1 Å². The van der Waals surface area contributed by atoms with E-state index in [2.05, 4.69) is 10.6 Å². The van der Waals surface area contributed by atoms with E-state index in [0.29, 0.717) is 19.4 Å². The number of aliphatic hydroxyl groups is 2. The minimum Gasteiger partial charge on any atom is -0.481 e. The Bertz CT molecular complexity index is 238. The maximum absolute atomic E-state index is 10.3. The molecule has 5 N–H and O–H groups in total. The number of hydrogen-bond acceptors (Lipinski definition) is 5. The molecule has 1 aliphatic heterocycles. The van der Waals surface area contributed by atoms with Crippen LogP contribution in [0.3, 0.4) is 0 Å². The summed E-state index contributed by atoms with van der Waals surface area (Å²) < 4.78 is 0. The summed E-state index contributed by atoms with van der Waals surface area (Å²) in [6, 6.07) is -0.297. The zero-order chi connectivity index (χ0) is 12.7. The van der Waals surface area contributed by atoms with E-state index in [-0.39, 0.29) is 12.5 Å². The summed E-state index contributed by atoms with van der Waals surface area (Å²) in [6.45, 7) is 1.36. The largest absolute Gasteiger partial charge is 0.481 e. The van der Waals surface area contributed by atoms with Crippen molar-refractivity contribution in [1.29, 1.82) is 0 Å². The molecule has 1 fully saturated rings. The maximum Gasteiger partial charge on any atom is 0.303 e. The lowest BCUT2D eigenvalue weighted by molar-refractivity contribution is -0.137. The fourth-order valence-corrected chi connectivity index (χ4v) is 1.99. The summed E-state index contributed by atoms with van der Waals surface area (Å²) in [6.07, 6.45) is 1.95. The van der Waals surface area contributed by atoms with E-state index in [4.69, 9.17) is 5.11 Å². The Morgan fingerprint density at radius 2 is 2.18 bits per heavy atom. The molecule has 1 rings (SSSR count). The molecule has 1 aliphatic rings. The summed E-state index contributed by atoms with van der Waals surface area (Å²) in [4.78, 5) is 10.3. The Balaban J connectivity index is 2.00. The van der Waals surface area contributed by atoms with Gasteiger partial charge in [0.2, 0.25) is 0 Å². The normalized spacial score (nSPS) is 26.0. The average molecular weight is 246 g/mol. The van der Waals surface area contributed by atoms with E-state index >= 15 is 0 Å². The molecule has 0 aliphatic carbocycles. The number of carboxylic acids is 1. The van der Waals surface area contributed by atoms with Gasteiger partial charge in [-0.05, 0) is 32.4 Å². The zero-order valence-electron chi connectivity index (χ0n) is 9.93. The first-order valence-corrected chi connectivity index (χ1v) is 6.16. The summed E-state index contributed by atoms with van der Waals surface area (Å²) in [5.41, 5.74) is 0. The molecule has 6 heteroatoms. The van der Waals surface area contributed by atoms with Crippen LogP contribution < -0.4 is 10.6 Å². The van der Waals surface area contributed by atoms with Crippen LogP contribution in [0.4, 0.5) is 0 Å². The molecule has 2 unspecified atom stereocenters. The molecule has 0 saturated carbocycles. The zero-order valence-corrected chi connectivity index (χ0v) is 9.93. The molecule has 17 heavy (non-hydrogen) atoms. The molecular weight excluding hydrogens is 224 g/mol. The van der Waals surface area contributed by atoms with Crippen LogP contribution in [-0.4, -0.2) is 52.8 Å². The molecule has 0 aromatic rings. The van der Waals surface area contributed by atoms with Crippen molar-refractivity contribution < 1.29 is 20.1 Å². The van der Waals surface area contributed by atoms with Gasteiger partial charge in [0.15, 0.2) is 0 Å². The van der Waals surface area contributed by atoms with Gasteiger partial charge in [0.25, 0.3) is 0 Å². The number of carboxylic acid groups (broad SMARTS) is 1. The number of rotatable bonds is 8. The van der Waals surface area contributed by atoms with Crippen molar-refractivity contribution >= 4 is 5.97 Å². The topological polar surface area (TPSA) is 102 Å². The van der Waals surface area contributed by atoms with Crippen LogP contribution >= 0.6 is 0 Å². The van der Waals surface area contributed by atoms with Gasteiger partial charge in [0.1, 0.15) is 6.23 Å². The quantitative estimate of drug-likeness (QED) is 0.286. The summed E-state index contributed by atoms with van der Waals surface area (Å²) in [7, 11) is 0. The van der Waals surface area contributed by atoms with Crippen molar-refractivity contribution in [2.75, 3.05) is 13.1 Å². The van der Waals surface area contributed by atoms with Crippen LogP contribution in [0, 0.1) is 0 Å². The highest BCUT2D eigenvalue weighted by molar-refractivity contribution is 5.66. The molecular formula is C11H22N2O4. The standard InChI is InChI=1S/C11H22N2O4/c14-8-5-7-12-10(8)11(17)13-6-3-1-2-4-9(15)16/h8,10-14,17H,1-7H2,(H,15,16)/t8?,10-,11?/m0/s1.